The maximum Gasteiger partial charge on any atom is 0.362 e. The number of aromatic nitrogens is 4. The molecule has 0 spiro atoms. The number of nitrogens with zero attached hydrogens (tertiary/aromatic N) is 4. The Bertz CT molecular complexity index is 3330. The van der Waals surface area contributed by atoms with Gasteiger partial charge in [0, 0.05) is 32.7 Å². The third kappa shape index (κ3) is 7.25. The van der Waals surface area contributed by atoms with E-state index in [-0.39, 0.29) is 11.4 Å². The van der Waals surface area contributed by atoms with Crippen LogP contribution in [0, 0.1) is 0 Å². The quantitative estimate of drug-likeness (QED) is 0.0847. The molecule has 0 aliphatic rings. The molecule has 4 aromatic heterocycles. The van der Waals surface area contributed by atoms with E-state index in [0.29, 0.717) is 33.6 Å². The summed E-state index contributed by atoms with van der Waals surface area (Å²) in [5.41, 5.74) is 9.81. The highest BCUT2D eigenvalue weighted by molar-refractivity contribution is 6.12. The Labute approximate surface area is 367 Å². The number of pyridine rings is 4. The second-order valence-corrected chi connectivity index (χ2v) is 15.3. The Balaban J connectivity index is 0.980. The monoisotopic (exact) mass is 826 g/mol. The molecular formula is C56H34N4O4. The van der Waals surface area contributed by atoms with E-state index in [0.717, 1.165) is 66.3 Å². The van der Waals surface area contributed by atoms with Crippen LogP contribution in [0.3, 0.4) is 0 Å². The van der Waals surface area contributed by atoms with E-state index in [4.69, 9.17) is 29.4 Å². The van der Waals surface area contributed by atoms with Gasteiger partial charge in [0.05, 0.1) is 33.5 Å². The van der Waals surface area contributed by atoms with Crippen LogP contribution in [-0.4, -0.2) is 31.9 Å². The van der Waals surface area contributed by atoms with Gasteiger partial charge in [0.2, 0.25) is 0 Å². The molecule has 8 nitrogen and oxygen atoms in total. The zero-order chi connectivity index (χ0) is 43.0. The van der Waals surface area contributed by atoms with E-state index in [1.807, 2.05) is 170 Å². The summed E-state index contributed by atoms with van der Waals surface area (Å²) in [5, 5.41) is 3.52. The van der Waals surface area contributed by atoms with E-state index in [1.165, 1.54) is 0 Å². The maximum absolute atomic E-state index is 13.6. The minimum Gasteiger partial charge on any atom is -0.422 e. The second kappa shape index (κ2) is 16.2. The van der Waals surface area contributed by atoms with E-state index < -0.39 is 11.9 Å². The van der Waals surface area contributed by atoms with Crippen molar-refractivity contribution in [1.82, 2.24) is 19.9 Å². The number of ether oxygens (including phenoxy) is 2. The molecule has 0 aliphatic heterocycles. The van der Waals surface area contributed by atoms with Crippen LogP contribution in [-0.2, 0) is 0 Å². The fraction of sp³-hybridized carbons (Fsp3) is 0. The Kier molecular flexibility index (Phi) is 9.63. The van der Waals surface area contributed by atoms with E-state index in [2.05, 4.69) is 0 Å². The normalized spacial score (nSPS) is 11.2. The highest BCUT2D eigenvalue weighted by atomic mass is 16.5. The first-order valence-electron chi connectivity index (χ1n) is 20.8. The Morgan fingerprint density at radius 1 is 0.328 bits per heavy atom. The SMILES string of the molecule is O=C(Oc1ccccc1)c1cc(-c2ccccc2)c2ccc3ccc(-c4ccc(-c5ccc6ccc7c(-c8ccccc8)cc(C(=O)Oc8ccccc8)nc7c6n5)cc4)nc3c2n1. The minimum atomic E-state index is -0.553. The van der Waals surface area contributed by atoms with Crippen molar-refractivity contribution in [2.75, 3.05) is 0 Å². The first-order chi connectivity index (χ1) is 31.5. The minimum absolute atomic E-state index is 0.185. The van der Waals surface area contributed by atoms with Gasteiger partial charge in [0.25, 0.3) is 0 Å². The van der Waals surface area contributed by atoms with Crippen molar-refractivity contribution in [2.45, 2.75) is 0 Å². The molecule has 4 heterocycles. The van der Waals surface area contributed by atoms with Crippen LogP contribution in [0.5, 0.6) is 11.5 Å². The molecule has 0 bridgehead atoms. The number of hydrogen-bond donors (Lipinski definition) is 0. The highest BCUT2D eigenvalue weighted by Crippen LogP contribution is 2.36. The first kappa shape index (κ1) is 38.1. The fourth-order valence-corrected chi connectivity index (χ4v) is 8.09. The van der Waals surface area contributed by atoms with Gasteiger partial charge in [-0.3, -0.25) is 0 Å². The standard InChI is InChI=1S/C56H34N4O4/c61-55(63-41-17-9-3-10-18-41)49-33-45(35-13-5-1-6-14-35)43-29-25-39-27-31-47(57-51(39)53(43)59-49)37-21-23-38(24-22-37)48-32-28-40-26-30-44-46(36-15-7-2-8-16-36)34-50(60-54(44)52(40)58-48)56(62)64-42-19-11-4-12-20-42/h1-34H. The predicted octanol–water partition coefficient (Wildman–Crippen LogP) is 13.0. The lowest BCUT2D eigenvalue weighted by atomic mass is 9.98. The molecule has 302 valence electrons. The Morgan fingerprint density at radius 3 is 1.08 bits per heavy atom. The number of esters is 2. The molecule has 0 N–H and O–H groups in total. The van der Waals surface area contributed by atoms with Crippen LogP contribution in [0.4, 0.5) is 0 Å². The molecule has 0 amide bonds. The third-order valence-electron chi connectivity index (χ3n) is 11.2. The molecule has 0 radical (unpaired) electrons. The van der Waals surface area contributed by atoms with Crippen molar-refractivity contribution in [3.8, 4) is 56.3 Å². The number of benzene rings is 7. The molecule has 0 unspecified atom stereocenters. The molecule has 0 saturated carbocycles. The van der Waals surface area contributed by atoms with Crippen molar-refractivity contribution in [3.05, 3.63) is 218 Å². The first-order valence-corrected chi connectivity index (χ1v) is 20.8. The molecule has 11 rings (SSSR count). The topological polar surface area (TPSA) is 104 Å². The van der Waals surface area contributed by atoms with Crippen LogP contribution in [0.15, 0.2) is 206 Å². The van der Waals surface area contributed by atoms with Gasteiger partial charge in [-0.25, -0.2) is 29.5 Å². The van der Waals surface area contributed by atoms with Crippen LogP contribution < -0.4 is 9.47 Å². The summed E-state index contributed by atoms with van der Waals surface area (Å²) in [4.78, 5) is 47.3. The van der Waals surface area contributed by atoms with Crippen molar-refractivity contribution >= 4 is 55.6 Å². The Hall–Kier alpha value is -8.88. The van der Waals surface area contributed by atoms with Crippen molar-refractivity contribution < 1.29 is 19.1 Å². The number of carbonyl (C=O) groups excluding carboxylic acids is 2. The lowest BCUT2D eigenvalue weighted by Crippen LogP contribution is -2.11. The van der Waals surface area contributed by atoms with Crippen molar-refractivity contribution in [3.63, 3.8) is 0 Å². The number of fused-ring (bicyclic) bond motifs is 6. The second-order valence-electron chi connectivity index (χ2n) is 15.3. The predicted molar refractivity (Wildman–Crippen MR) is 252 cm³/mol. The maximum atomic E-state index is 13.6. The van der Waals surface area contributed by atoms with E-state index in [1.54, 1.807) is 36.4 Å². The molecule has 0 saturated heterocycles. The zero-order valence-electron chi connectivity index (χ0n) is 34.1. The largest absolute Gasteiger partial charge is 0.422 e. The van der Waals surface area contributed by atoms with Gasteiger partial charge in [0.1, 0.15) is 22.9 Å². The molecule has 8 heteroatoms. The average Bonchev–Trinajstić information content (AvgIpc) is 3.36. The summed E-state index contributed by atoms with van der Waals surface area (Å²) in [5.74, 6) is -0.229. The van der Waals surface area contributed by atoms with Crippen molar-refractivity contribution in [2.24, 2.45) is 0 Å². The van der Waals surface area contributed by atoms with Crippen LogP contribution >= 0.6 is 0 Å². The average molecular weight is 827 g/mol. The van der Waals surface area contributed by atoms with Crippen molar-refractivity contribution in [1.29, 1.82) is 0 Å². The van der Waals surface area contributed by atoms with Crippen LogP contribution in [0.25, 0.3) is 88.4 Å². The van der Waals surface area contributed by atoms with Gasteiger partial charge in [-0.2, -0.15) is 0 Å². The summed E-state index contributed by atoms with van der Waals surface area (Å²) in [7, 11) is 0. The molecular weight excluding hydrogens is 793 g/mol. The molecule has 11 aromatic rings. The summed E-state index contributed by atoms with van der Waals surface area (Å²) in [6.45, 7) is 0. The van der Waals surface area contributed by atoms with Gasteiger partial charge >= 0.3 is 11.9 Å². The highest BCUT2D eigenvalue weighted by Gasteiger charge is 2.20. The van der Waals surface area contributed by atoms with Gasteiger partial charge in [0.15, 0.2) is 0 Å². The van der Waals surface area contributed by atoms with Gasteiger partial charge in [-0.15, -0.1) is 0 Å². The van der Waals surface area contributed by atoms with E-state index in [9.17, 15) is 9.59 Å². The summed E-state index contributed by atoms with van der Waals surface area (Å²) in [6, 6.07) is 65.7. The molecule has 0 atom stereocenters. The van der Waals surface area contributed by atoms with Crippen LogP contribution in [0.1, 0.15) is 21.0 Å². The lowest BCUT2D eigenvalue weighted by molar-refractivity contribution is 0.0719. The zero-order valence-corrected chi connectivity index (χ0v) is 34.1. The molecule has 0 aliphatic carbocycles. The molecule has 7 aromatic carbocycles. The Morgan fingerprint density at radius 2 is 0.688 bits per heavy atom. The summed E-state index contributed by atoms with van der Waals surface area (Å²) < 4.78 is 11.5. The number of rotatable bonds is 8. The molecule has 0 fully saturated rings. The third-order valence-corrected chi connectivity index (χ3v) is 11.2. The smallest absolute Gasteiger partial charge is 0.362 e. The summed E-state index contributed by atoms with van der Waals surface area (Å²) >= 11 is 0. The van der Waals surface area contributed by atoms with Crippen LogP contribution in [0.2, 0.25) is 0 Å². The van der Waals surface area contributed by atoms with Gasteiger partial charge in [-0.05, 0) is 70.8 Å². The number of carbonyl (C=O) groups is 2. The number of para-hydroxylation sites is 2. The lowest BCUT2D eigenvalue weighted by Gasteiger charge is -2.13. The fourth-order valence-electron chi connectivity index (χ4n) is 8.09. The summed E-state index contributed by atoms with van der Waals surface area (Å²) in [6.07, 6.45) is 0. The molecule has 64 heavy (non-hydrogen) atoms. The van der Waals surface area contributed by atoms with Gasteiger partial charge in [-0.1, -0.05) is 158 Å². The van der Waals surface area contributed by atoms with E-state index >= 15 is 0 Å². The van der Waals surface area contributed by atoms with Gasteiger partial charge < -0.3 is 9.47 Å². The number of hydrogen-bond acceptors (Lipinski definition) is 8.